The fraction of sp³-hybridized carbons (Fsp3) is 0.125. The van der Waals surface area contributed by atoms with Crippen LogP contribution in [0.4, 0.5) is 0 Å². The van der Waals surface area contributed by atoms with Gasteiger partial charge in [-0.15, -0.1) is 11.0 Å². The fourth-order valence-corrected chi connectivity index (χ4v) is 6.02. The van der Waals surface area contributed by atoms with Crippen LogP contribution >= 0.6 is 0 Å². The maximum atomic E-state index is 10.0. The van der Waals surface area contributed by atoms with Gasteiger partial charge in [-0.05, 0) is 90.4 Å². The van der Waals surface area contributed by atoms with Gasteiger partial charge in [0.1, 0.15) is 0 Å². The summed E-state index contributed by atoms with van der Waals surface area (Å²) in [4.78, 5) is 32.4. The molecular formula is C40H34IrN5O2-. The van der Waals surface area contributed by atoms with Gasteiger partial charge in [0.2, 0.25) is 0 Å². The standard InChI is InChI=1S/C18H14N2.C17H12N3.C5H8O2.Ir/c1-12-7-8-15-14-6-3-2-5-13(14)11-16(15)17(12)18-19-9-4-10-20-18;1-11-7-8-13-12-5-2-3-6-14(12)20-16(13)15(11)17-18-9-4-10-19-17;1-4(6)3-5(2)7;/h2-10H,11H2,1H3;2-10H,1H3;3,6H,1-2H3;/q;-1;;. The number of aryl methyl sites for hydroxylation is 2. The largest absolute Gasteiger partial charge is 0.656 e. The molecule has 48 heavy (non-hydrogen) atoms. The second-order valence-electron chi connectivity index (χ2n) is 11.4. The number of rotatable bonds is 3. The minimum absolute atomic E-state index is 0. The van der Waals surface area contributed by atoms with Crippen molar-refractivity contribution in [3.05, 3.63) is 144 Å². The van der Waals surface area contributed by atoms with Gasteiger partial charge in [-0.2, -0.15) is 0 Å². The summed E-state index contributed by atoms with van der Waals surface area (Å²) in [5.41, 5.74) is 12.0. The first kappa shape index (κ1) is 34.0. The van der Waals surface area contributed by atoms with Crippen molar-refractivity contribution in [2.45, 2.75) is 34.1 Å². The maximum absolute atomic E-state index is 10.0. The quantitative estimate of drug-likeness (QED) is 0.141. The third-order valence-corrected chi connectivity index (χ3v) is 8.00. The second kappa shape index (κ2) is 15.1. The number of fused-ring (bicyclic) bond motifs is 6. The van der Waals surface area contributed by atoms with Crippen LogP contribution in [0.15, 0.2) is 122 Å². The Morgan fingerprint density at radius 2 is 1.27 bits per heavy atom. The van der Waals surface area contributed by atoms with Crippen molar-refractivity contribution < 1.29 is 30.0 Å². The van der Waals surface area contributed by atoms with Crippen LogP contribution in [0.1, 0.15) is 36.1 Å². The van der Waals surface area contributed by atoms with Crippen LogP contribution in [-0.4, -0.2) is 30.8 Å². The predicted molar refractivity (Wildman–Crippen MR) is 188 cm³/mol. The number of aromatic nitrogens is 5. The van der Waals surface area contributed by atoms with Crippen molar-refractivity contribution >= 4 is 27.6 Å². The van der Waals surface area contributed by atoms with Gasteiger partial charge in [-0.3, -0.25) is 4.79 Å². The number of benzene rings is 4. The Bertz CT molecular complexity index is 2240. The van der Waals surface area contributed by atoms with Gasteiger partial charge in [0, 0.05) is 62.1 Å². The zero-order chi connectivity index (χ0) is 32.9. The molecule has 1 aliphatic carbocycles. The summed E-state index contributed by atoms with van der Waals surface area (Å²) in [6, 6.07) is 29.2. The first-order valence-corrected chi connectivity index (χ1v) is 15.4. The molecule has 0 unspecified atom stereocenters. The van der Waals surface area contributed by atoms with E-state index in [0.29, 0.717) is 0 Å². The number of hydrogen-bond donors (Lipinski definition) is 1. The van der Waals surface area contributed by atoms with Gasteiger partial charge < -0.3 is 10.1 Å². The Kier molecular flexibility index (Phi) is 10.7. The molecule has 7 nitrogen and oxygen atoms in total. The van der Waals surface area contributed by atoms with E-state index in [9.17, 15) is 4.79 Å². The Hall–Kier alpha value is -5.30. The molecule has 0 bridgehead atoms. The van der Waals surface area contributed by atoms with E-state index in [1.807, 2.05) is 42.7 Å². The first-order valence-electron chi connectivity index (χ1n) is 15.4. The molecule has 1 N–H and O–H groups in total. The van der Waals surface area contributed by atoms with Crippen LogP contribution in [0.2, 0.25) is 0 Å². The molecule has 241 valence electrons. The molecule has 7 aromatic rings. The average molecular weight is 809 g/mol. The number of nitrogens with zero attached hydrogens (tertiary/aromatic N) is 5. The van der Waals surface area contributed by atoms with E-state index in [1.165, 1.54) is 58.7 Å². The molecule has 1 radical (unpaired) electrons. The third kappa shape index (κ3) is 7.15. The summed E-state index contributed by atoms with van der Waals surface area (Å²) < 4.78 is 0. The minimum Gasteiger partial charge on any atom is -0.656 e. The van der Waals surface area contributed by atoms with Crippen LogP contribution in [0.3, 0.4) is 0 Å². The van der Waals surface area contributed by atoms with Crippen LogP contribution in [-0.2, 0) is 31.3 Å². The maximum Gasteiger partial charge on any atom is 0.159 e. The summed E-state index contributed by atoms with van der Waals surface area (Å²) >= 11 is 0. The van der Waals surface area contributed by atoms with E-state index in [0.717, 1.165) is 45.6 Å². The summed E-state index contributed by atoms with van der Waals surface area (Å²) in [6.45, 7) is 7.06. The molecule has 3 heterocycles. The summed E-state index contributed by atoms with van der Waals surface area (Å²) in [7, 11) is 0. The third-order valence-electron chi connectivity index (χ3n) is 8.00. The predicted octanol–water partition coefficient (Wildman–Crippen LogP) is 8.77. The molecule has 0 aliphatic heterocycles. The smallest absolute Gasteiger partial charge is 0.159 e. The summed E-state index contributed by atoms with van der Waals surface area (Å²) in [6.07, 6.45) is 9.29. The Balaban J connectivity index is 0.000000155. The molecule has 1 aliphatic rings. The first-order chi connectivity index (χ1) is 22.8. The number of aliphatic hydroxyl groups excluding tert-OH is 1. The molecule has 0 saturated carbocycles. The van der Waals surface area contributed by atoms with Crippen molar-refractivity contribution in [3.63, 3.8) is 0 Å². The van der Waals surface area contributed by atoms with Gasteiger partial charge in [0.05, 0.1) is 5.76 Å². The number of allylic oxidation sites excluding steroid dienone is 2. The average Bonchev–Trinajstić information content (AvgIpc) is 3.63. The van der Waals surface area contributed by atoms with Gasteiger partial charge in [-0.1, -0.05) is 72.8 Å². The zero-order valence-corrected chi connectivity index (χ0v) is 29.5. The monoisotopic (exact) mass is 809 g/mol. The molecule has 0 spiro atoms. The molecule has 0 saturated heterocycles. The summed E-state index contributed by atoms with van der Waals surface area (Å²) in [5.74, 6) is 1.50. The van der Waals surface area contributed by atoms with E-state index in [1.54, 1.807) is 12.4 Å². The van der Waals surface area contributed by atoms with Crippen molar-refractivity contribution in [2.75, 3.05) is 0 Å². The second-order valence-corrected chi connectivity index (χ2v) is 11.4. The number of carbonyl (C=O) groups is 1. The molecule has 3 aromatic heterocycles. The van der Waals surface area contributed by atoms with Crippen LogP contribution < -0.4 is 4.98 Å². The van der Waals surface area contributed by atoms with Gasteiger partial charge in [-0.25, -0.2) is 19.9 Å². The van der Waals surface area contributed by atoms with E-state index in [4.69, 9.17) is 10.1 Å². The number of carbonyl (C=O) groups excluding carboxylic acids is 1. The van der Waals surface area contributed by atoms with Crippen LogP contribution in [0, 0.1) is 13.8 Å². The SMILES string of the molecule is CC(=O)C=C(C)O.Cc1ccc2c([n-]c3ccccc32)c1-c1ncccn1.Cc1ccc2c(c1-c1ncccn1)Cc1ccccc1-2.[Ir]. The molecule has 4 aromatic carbocycles. The van der Waals surface area contributed by atoms with Crippen LogP contribution in [0.5, 0.6) is 0 Å². The van der Waals surface area contributed by atoms with Gasteiger partial charge in [0.15, 0.2) is 17.4 Å². The van der Waals surface area contributed by atoms with E-state index >= 15 is 0 Å². The van der Waals surface area contributed by atoms with Crippen molar-refractivity contribution in [2.24, 2.45) is 0 Å². The number of ketones is 1. The van der Waals surface area contributed by atoms with Crippen molar-refractivity contribution in [1.82, 2.24) is 24.9 Å². The van der Waals surface area contributed by atoms with Crippen LogP contribution in [0.25, 0.3) is 55.7 Å². The van der Waals surface area contributed by atoms with E-state index < -0.39 is 0 Å². The van der Waals surface area contributed by atoms with Crippen molar-refractivity contribution in [3.8, 4) is 33.9 Å². The van der Waals surface area contributed by atoms with Crippen molar-refractivity contribution in [1.29, 1.82) is 0 Å². The van der Waals surface area contributed by atoms with E-state index in [2.05, 4.69) is 88.4 Å². The minimum atomic E-state index is -0.125. The zero-order valence-electron chi connectivity index (χ0n) is 27.1. The Morgan fingerprint density at radius 3 is 1.92 bits per heavy atom. The topological polar surface area (TPSA) is 103 Å². The molecular weight excluding hydrogens is 775 g/mol. The molecule has 8 heteroatoms. The Labute approximate surface area is 293 Å². The molecule has 0 fully saturated rings. The number of para-hydroxylation sites is 1. The molecule has 0 atom stereocenters. The van der Waals surface area contributed by atoms with Gasteiger partial charge >= 0.3 is 0 Å². The normalized spacial score (nSPS) is 11.4. The van der Waals surface area contributed by atoms with Gasteiger partial charge in [0.25, 0.3) is 0 Å². The molecule has 0 amide bonds. The Morgan fingerprint density at radius 1 is 0.688 bits per heavy atom. The van der Waals surface area contributed by atoms with E-state index in [-0.39, 0.29) is 31.6 Å². The number of aliphatic hydroxyl groups is 1. The molecule has 8 rings (SSSR count). The fourth-order valence-electron chi connectivity index (χ4n) is 6.02. The number of hydrogen-bond acceptors (Lipinski definition) is 6. The summed E-state index contributed by atoms with van der Waals surface area (Å²) in [5, 5.41) is 10.7.